The van der Waals surface area contributed by atoms with Crippen molar-refractivity contribution in [1.82, 2.24) is 0 Å². The van der Waals surface area contributed by atoms with Crippen LogP contribution in [0.2, 0.25) is 0 Å². The van der Waals surface area contributed by atoms with Gasteiger partial charge < -0.3 is 0 Å². The Labute approximate surface area is 80.9 Å². The van der Waals surface area contributed by atoms with Crippen molar-refractivity contribution in [3.05, 3.63) is 48.2 Å². The fraction of sp³-hybridized carbons (Fsp3) is 0.250. The number of allylic oxidation sites excluding steroid dienone is 5. The molecule has 0 amide bonds. The molecule has 0 aliphatic heterocycles. The van der Waals surface area contributed by atoms with Crippen LogP contribution in [0.3, 0.4) is 0 Å². The number of rotatable bonds is 4. The summed E-state index contributed by atoms with van der Waals surface area (Å²) >= 11 is 0. The van der Waals surface area contributed by atoms with Crippen molar-refractivity contribution in [3.63, 3.8) is 0 Å². The summed E-state index contributed by atoms with van der Waals surface area (Å²) in [4.78, 5) is 4.12. The first kappa shape index (κ1) is 11.6. The van der Waals surface area contributed by atoms with E-state index < -0.39 is 0 Å². The summed E-state index contributed by atoms with van der Waals surface area (Å²) in [6.45, 7) is 13.5. The van der Waals surface area contributed by atoms with Crippen LogP contribution in [0.5, 0.6) is 0 Å². The second-order valence-corrected chi connectivity index (χ2v) is 2.77. The molecule has 0 radical (unpaired) electrons. The van der Waals surface area contributed by atoms with E-state index in [1.807, 2.05) is 32.9 Å². The Balaban J connectivity index is 4.66. The van der Waals surface area contributed by atoms with E-state index in [1.165, 1.54) is 5.57 Å². The fourth-order valence-corrected chi connectivity index (χ4v) is 0.842. The Kier molecular flexibility index (Phi) is 5.53. The van der Waals surface area contributed by atoms with E-state index in [0.29, 0.717) is 0 Å². The molecule has 0 aliphatic carbocycles. The first-order valence-electron chi connectivity index (χ1n) is 4.28. The van der Waals surface area contributed by atoms with Crippen LogP contribution in [-0.2, 0) is 0 Å². The number of hydrogen-bond donors (Lipinski definition) is 0. The van der Waals surface area contributed by atoms with Crippen LogP contribution >= 0.6 is 0 Å². The molecule has 0 saturated carbocycles. The van der Waals surface area contributed by atoms with Crippen molar-refractivity contribution in [2.24, 2.45) is 4.99 Å². The average molecular weight is 175 g/mol. The number of nitrogens with zero attached hydrogens (tertiary/aromatic N) is 1. The SMILES string of the molecule is C=CC=NC(=C)/C(C)=C(C)\C=C/C. The molecule has 0 spiro atoms. The summed E-state index contributed by atoms with van der Waals surface area (Å²) in [5, 5.41) is 0. The van der Waals surface area contributed by atoms with Gasteiger partial charge in [-0.15, -0.1) is 0 Å². The van der Waals surface area contributed by atoms with Crippen LogP contribution in [-0.4, -0.2) is 6.21 Å². The number of aliphatic imine (C=N–C) groups is 1. The van der Waals surface area contributed by atoms with E-state index in [-0.39, 0.29) is 0 Å². The molecule has 13 heavy (non-hydrogen) atoms. The van der Waals surface area contributed by atoms with Crippen LogP contribution in [0, 0.1) is 0 Å². The van der Waals surface area contributed by atoms with E-state index in [1.54, 1.807) is 12.3 Å². The van der Waals surface area contributed by atoms with Gasteiger partial charge in [0, 0.05) is 6.21 Å². The summed E-state index contributed by atoms with van der Waals surface area (Å²) in [7, 11) is 0. The smallest absolute Gasteiger partial charge is 0.0589 e. The fourth-order valence-electron chi connectivity index (χ4n) is 0.842. The Morgan fingerprint density at radius 2 is 1.92 bits per heavy atom. The highest BCUT2D eigenvalue weighted by Gasteiger charge is 1.95. The normalized spacial score (nSPS) is 13.5. The zero-order valence-corrected chi connectivity index (χ0v) is 8.67. The van der Waals surface area contributed by atoms with Gasteiger partial charge in [-0.1, -0.05) is 31.4 Å². The minimum atomic E-state index is 0.788. The quantitative estimate of drug-likeness (QED) is 0.456. The topological polar surface area (TPSA) is 12.4 Å². The van der Waals surface area contributed by atoms with Crippen molar-refractivity contribution >= 4 is 6.21 Å². The van der Waals surface area contributed by atoms with Gasteiger partial charge in [0.1, 0.15) is 0 Å². The van der Waals surface area contributed by atoms with Crippen molar-refractivity contribution < 1.29 is 0 Å². The van der Waals surface area contributed by atoms with Crippen molar-refractivity contribution in [1.29, 1.82) is 0 Å². The Hall–Kier alpha value is -1.37. The molecular weight excluding hydrogens is 158 g/mol. The molecule has 0 aromatic heterocycles. The molecule has 0 aromatic carbocycles. The summed E-state index contributed by atoms with van der Waals surface area (Å²) in [6.07, 6.45) is 7.34. The van der Waals surface area contributed by atoms with Crippen LogP contribution < -0.4 is 0 Å². The highest BCUT2D eigenvalue weighted by atomic mass is 14.7. The summed E-state index contributed by atoms with van der Waals surface area (Å²) in [6, 6.07) is 0. The van der Waals surface area contributed by atoms with E-state index in [0.717, 1.165) is 11.3 Å². The predicted molar refractivity (Wildman–Crippen MR) is 61.0 cm³/mol. The third kappa shape index (κ3) is 4.26. The van der Waals surface area contributed by atoms with Gasteiger partial charge in [0.05, 0.1) is 5.70 Å². The first-order chi connectivity index (χ1) is 6.13. The van der Waals surface area contributed by atoms with Gasteiger partial charge in [-0.2, -0.15) is 0 Å². The molecule has 0 atom stereocenters. The lowest BCUT2D eigenvalue weighted by atomic mass is 10.1. The average Bonchev–Trinajstić information content (AvgIpc) is 2.13. The zero-order valence-electron chi connectivity index (χ0n) is 8.67. The predicted octanol–water partition coefficient (Wildman–Crippen LogP) is 3.67. The molecule has 0 rings (SSSR count). The minimum absolute atomic E-state index is 0.788. The number of hydrogen-bond acceptors (Lipinski definition) is 1. The lowest BCUT2D eigenvalue weighted by Gasteiger charge is -2.02. The highest BCUT2D eigenvalue weighted by Crippen LogP contribution is 2.14. The van der Waals surface area contributed by atoms with Gasteiger partial charge in [0.25, 0.3) is 0 Å². The Bertz CT molecular complexity index is 277. The van der Waals surface area contributed by atoms with Crippen LogP contribution in [0.1, 0.15) is 20.8 Å². The van der Waals surface area contributed by atoms with Gasteiger partial charge in [-0.25, -0.2) is 0 Å². The van der Waals surface area contributed by atoms with Crippen LogP contribution in [0.4, 0.5) is 0 Å². The third-order valence-electron chi connectivity index (χ3n) is 1.78. The second kappa shape index (κ2) is 6.18. The van der Waals surface area contributed by atoms with E-state index in [9.17, 15) is 0 Å². The molecule has 0 aromatic rings. The van der Waals surface area contributed by atoms with E-state index in [2.05, 4.69) is 18.2 Å². The summed E-state index contributed by atoms with van der Waals surface area (Å²) in [5.41, 5.74) is 3.08. The molecule has 1 nitrogen and oxygen atoms in total. The minimum Gasteiger partial charge on any atom is -0.257 e. The Morgan fingerprint density at radius 3 is 2.38 bits per heavy atom. The molecule has 1 heteroatoms. The van der Waals surface area contributed by atoms with E-state index >= 15 is 0 Å². The lowest BCUT2D eigenvalue weighted by molar-refractivity contribution is 1.25. The molecule has 0 aliphatic rings. The van der Waals surface area contributed by atoms with E-state index in [4.69, 9.17) is 0 Å². The van der Waals surface area contributed by atoms with Gasteiger partial charge in [-0.3, -0.25) is 4.99 Å². The lowest BCUT2D eigenvalue weighted by Crippen LogP contribution is -1.84. The summed E-state index contributed by atoms with van der Waals surface area (Å²) < 4.78 is 0. The summed E-state index contributed by atoms with van der Waals surface area (Å²) in [5.74, 6) is 0. The maximum Gasteiger partial charge on any atom is 0.0589 e. The first-order valence-corrected chi connectivity index (χ1v) is 4.28. The molecule has 0 fully saturated rings. The highest BCUT2D eigenvalue weighted by molar-refractivity contribution is 5.71. The van der Waals surface area contributed by atoms with Crippen LogP contribution in [0.25, 0.3) is 0 Å². The molecule has 0 bridgehead atoms. The largest absolute Gasteiger partial charge is 0.257 e. The standard InChI is InChI=1S/C12H17N/c1-6-8-10(3)11(4)12(5)13-9-7-2/h6-9H,2,5H2,1,3-4H3/b8-6-,11-10-,13-9?. The van der Waals surface area contributed by atoms with Crippen molar-refractivity contribution in [3.8, 4) is 0 Å². The molecule has 0 N–H and O–H groups in total. The van der Waals surface area contributed by atoms with Gasteiger partial charge in [0.15, 0.2) is 0 Å². The molecule has 0 heterocycles. The Morgan fingerprint density at radius 1 is 1.31 bits per heavy atom. The molecule has 70 valence electrons. The monoisotopic (exact) mass is 175 g/mol. The molecule has 0 saturated heterocycles. The van der Waals surface area contributed by atoms with Crippen molar-refractivity contribution in [2.45, 2.75) is 20.8 Å². The molecule has 0 unspecified atom stereocenters. The second-order valence-electron chi connectivity index (χ2n) is 2.77. The maximum absolute atomic E-state index is 4.12. The van der Waals surface area contributed by atoms with Gasteiger partial charge in [0.2, 0.25) is 0 Å². The van der Waals surface area contributed by atoms with Crippen molar-refractivity contribution in [2.75, 3.05) is 0 Å². The maximum atomic E-state index is 4.12. The zero-order chi connectivity index (χ0) is 10.3. The molecular formula is C12H17N. The van der Waals surface area contributed by atoms with Gasteiger partial charge in [-0.05, 0) is 31.9 Å². The van der Waals surface area contributed by atoms with Gasteiger partial charge >= 0.3 is 0 Å². The van der Waals surface area contributed by atoms with Crippen LogP contribution in [0.15, 0.2) is 53.2 Å². The third-order valence-corrected chi connectivity index (χ3v) is 1.78.